The van der Waals surface area contributed by atoms with Crippen molar-refractivity contribution in [3.8, 4) is 11.3 Å². The van der Waals surface area contributed by atoms with E-state index in [0.29, 0.717) is 5.92 Å². The minimum Gasteiger partial charge on any atom is -0.256 e. The molecule has 0 bridgehead atoms. The first-order valence-electron chi connectivity index (χ1n) is 6.70. The number of benzene rings is 2. The van der Waals surface area contributed by atoms with Gasteiger partial charge in [-0.25, -0.2) is 0 Å². The lowest BCUT2D eigenvalue weighted by atomic mass is 10.00. The van der Waals surface area contributed by atoms with Gasteiger partial charge in [-0.15, -0.1) is 0 Å². The average Bonchev–Trinajstić information content (AvgIpc) is 2.47. The van der Waals surface area contributed by atoms with Crippen LogP contribution in [0.4, 0.5) is 0 Å². The Bertz CT molecular complexity index is 691. The van der Waals surface area contributed by atoms with Crippen molar-refractivity contribution in [3.05, 3.63) is 66.4 Å². The van der Waals surface area contributed by atoms with E-state index in [2.05, 4.69) is 73.4 Å². The van der Waals surface area contributed by atoms with Crippen LogP contribution in [0.5, 0.6) is 0 Å². The summed E-state index contributed by atoms with van der Waals surface area (Å²) in [6, 6.07) is 19.1. The van der Waals surface area contributed by atoms with Gasteiger partial charge in [-0.1, -0.05) is 62.4 Å². The fraction of sp³-hybridized carbons (Fsp3) is 0.167. The second kappa shape index (κ2) is 4.85. The fourth-order valence-electron chi connectivity index (χ4n) is 2.35. The van der Waals surface area contributed by atoms with Crippen molar-refractivity contribution in [3.63, 3.8) is 0 Å². The predicted molar refractivity (Wildman–Crippen MR) is 81.3 cm³/mol. The topological polar surface area (TPSA) is 12.9 Å². The summed E-state index contributed by atoms with van der Waals surface area (Å²) < 4.78 is 0. The van der Waals surface area contributed by atoms with Gasteiger partial charge in [0.1, 0.15) is 0 Å². The van der Waals surface area contributed by atoms with Crippen LogP contribution in [-0.4, -0.2) is 4.98 Å². The van der Waals surface area contributed by atoms with Crippen molar-refractivity contribution >= 4 is 10.8 Å². The first kappa shape index (κ1) is 11.9. The van der Waals surface area contributed by atoms with E-state index in [1.165, 1.54) is 21.9 Å². The van der Waals surface area contributed by atoms with E-state index < -0.39 is 0 Å². The minimum atomic E-state index is 0.522. The summed E-state index contributed by atoms with van der Waals surface area (Å²) in [7, 11) is 0. The summed E-state index contributed by atoms with van der Waals surface area (Å²) in [4.78, 5) is 4.62. The Morgan fingerprint density at radius 2 is 1.63 bits per heavy atom. The van der Waals surface area contributed by atoms with Gasteiger partial charge in [0.15, 0.2) is 0 Å². The Labute approximate surface area is 113 Å². The molecule has 0 saturated carbocycles. The summed E-state index contributed by atoms with van der Waals surface area (Å²) >= 11 is 0. The third-order valence-electron chi connectivity index (χ3n) is 3.52. The summed E-state index contributed by atoms with van der Waals surface area (Å²) in [5, 5.41) is 2.52. The highest BCUT2D eigenvalue weighted by atomic mass is 14.7. The molecule has 19 heavy (non-hydrogen) atoms. The van der Waals surface area contributed by atoms with Crippen molar-refractivity contribution in [2.75, 3.05) is 0 Å². The maximum Gasteiger partial charge on any atom is 0.0708 e. The van der Waals surface area contributed by atoms with Gasteiger partial charge in [-0.05, 0) is 28.3 Å². The molecule has 3 aromatic rings. The number of pyridine rings is 1. The van der Waals surface area contributed by atoms with Gasteiger partial charge >= 0.3 is 0 Å². The van der Waals surface area contributed by atoms with Crippen LogP contribution in [0.15, 0.2) is 60.8 Å². The standard InChI is InChI=1S/C18H17N/c1-13(2)15-10-11-18(19-12-15)17-9-5-7-14-6-3-4-8-16(14)17/h3-13H,1-2H3. The second-order valence-corrected chi connectivity index (χ2v) is 5.16. The highest BCUT2D eigenvalue weighted by Crippen LogP contribution is 2.27. The zero-order chi connectivity index (χ0) is 13.2. The highest BCUT2D eigenvalue weighted by Gasteiger charge is 2.05. The minimum absolute atomic E-state index is 0.522. The van der Waals surface area contributed by atoms with Crippen molar-refractivity contribution in [1.29, 1.82) is 0 Å². The van der Waals surface area contributed by atoms with Gasteiger partial charge in [0.25, 0.3) is 0 Å². The van der Waals surface area contributed by atoms with Crippen LogP contribution in [0.2, 0.25) is 0 Å². The number of aromatic nitrogens is 1. The molecule has 0 aliphatic rings. The average molecular weight is 247 g/mol. The number of hydrogen-bond acceptors (Lipinski definition) is 1. The van der Waals surface area contributed by atoms with Gasteiger partial charge in [-0.3, -0.25) is 4.98 Å². The Hall–Kier alpha value is -2.15. The van der Waals surface area contributed by atoms with Crippen molar-refractivity contribution in [1.82, 2.24) is 4.98 Å². The maximum absolute atomic E-state index is 4.62. The normalized spacial score (nSPS) is 11.1. The van der Waals surface area contributed by atoms with Crippen LogP contribution in [0.25, 0.3) is 22.0 Å². The Balaban J connectivity index is 2.14. The van der Waals surface area contributed by atoms with Crippen molar-refractivity contribution < 1.29 is 0 Å². The maximum atomic E-state index is 4.62. The Morgan fingerprint density at radius 1 is 0.842 bits per heavy atom. The van der Waals surface area contributed by atoms with Crippen LogP contribution in [0.1, 0.15) is 25.3 Å². The van der Waals surface area contributed by atoms with E-state index in [4.69, 9.17) is 0 Å². The molecule has 1 heteroatoms. The van der Waals surface area contributed by atoms with Crippen molar-refractivity contribution in [2.45, 2.75) is 19.8 Å². The number of nitrogens with zero attached hydrogens (tertiary/aromatic N) is 1. The van der Waals surface area contributed by atoms with Crippen LogP contribution in [0, 0.1) is 0 Å². The lowest BCUT2D eigenvalue weighted by molar-refractivity contribution is 0.859. The van der Waals surface area contributed by atoms with Gasteiger partial charge in [0.05, 0.1) is 5.69 Å². The zero-order valence-corrected chi connectivity index (χ0v) is 11.3. The lowest BCUT2D eigenvalue weighted by Crippen LogP contribution is -1.90. The molecule has 0 saturated heterocycles. The quantitative estimate of drug-likeness (QED) is 0.619. The molecule has 1 nitrogen and oxygen atoms in total. The third kappa shape index (κ3) is 2.24. The van der Waals surface area contributed by atoms with Gasteiger partial charge < -0.3 is 0 Å². The molecular formula is C18H17N. The number of hydrogen-bond donors (Lipinski definition) is 0. The molecule has 2 aromatic carbocycles. The van der Waals surface area contributed by atoms with Crippen molar-refractivity contribution in [2.24, 2.45) is 0 Å². The smallest absolute Gasteiger partial charge is 0.0708 e. The van der Waals surface area contributed by atoms with E-state index in [0.717, 1.165) is 5.69 Å². The largest absolute Gasteiger partial charge is 0.256 e. The SMILES string of the molecule is CC(C)c1ccc(-c2cccc3ccccc23)nc1. The van der Waals surface area contributed by atoms with E-state index >= 15 is 0 Å². The molecule has 0 spiro atoms. The molecule has 0 atom stereocenters. The Morgan fingerprint density at radius 3 is 2.37 bits per heavy atom. The van der Waals surface area contributed by atoms with Gasteiger partial charge in [0, 0.05) is 11.8 Å². The molecule has 0 aliphatic heterocycles. The predicted octanol–water partition coefficient (Wildman–Crippen LogP) is 5.03. The first-order chi connectivity index (χ1) is 9.25. The highest BCUT2D eigenvalue weighted by molar-refractivity contribution is 5.95. The molecule has 94 valence electrons. The molecule has 0 amide bonds. The zero-order valence-electron chi connectivity index (χ0n) is 11.3. The van der Waals surface area contributed by atoms with E-state index in [-0.39, 0.29) is 0 Å². The van der Waals surface area contributed by atoms with E-state index in [9.17, 15) is 0 Å². The first-order valence-corrected chi connectivity index (χ1v) is 6.70. The molecule has 1 heterocycles. The number of fused-ring (bicyclic) bond motifs is 1. The Kier molecular flexibility index (Phi) is 3.04. The molecule has 0 radical (unpaired) electrons. The number of rotatable bonds is 2. The molecular weight excluding hydrogens is 230 g/mol. The van der Waals surface area contributed by atoms with Crippen LogP contribution in [-0.2, 0) is 0 Å². The molecule has 0 unspecified atom stereocenters. The second-order valence-electron chi connectivity index (χ2n) is 5.16. The van der Waals surface area contributed by atoms with E-state index in [1.54, 1.807) is 0 Å². The van der Waals surface area contributed by atoms with Gasteiger partial charge in [-0.2, -0.15) is 0 Å². The van der Waals surface area contributed by atoms with Gasteiger partial charge in [0.2, 0.25) is 0 Å². The third-order valence-corrected chi connectivity index (χ3v) is 3.52. The fourth-order valence-corrected chi connectivity index (χ4v) is 2.35. The molecule has 0 fully saturated rings. The van der Waals surface area contributed by atoms with Crippen LogP contribution < -0.4 is 0 Å². The monoisotopic (exact) mass is 247 g/mol. The molecule has 0 aliphatic carbocycles. The van der Waals surface area contributed by atoms with E-state index in [1.807, 2.05) is 6.20 Å². The van der Waals surface area contributed by atoms with Crippen LogP contribution >= 0.6 is 0 Å². The summed E-state index contributed by atoms with van der Waals surface area (Å²) in [5.74, 6) is 0.522. The molecule has 0 N–H and O–H groups in total. The summed E-state index contributed by atoms with van der Waals surface area (Å²) in [5.41, 5.74) is 3.53. The molecule has 3 rings (SSSR count). The summed E-state index contributed by atoms with van der Waals surface area (Å²) in [6.45, 7) is 4.38. The lowest BCUT2D eigenvalue weighted by Gasteiger charge is -2.08. The summed E-state index contributed by atoms with van der Waals surface area (Å²) in [6.07, 6.45) is 1.99. The molecule has 1 aromatic heterocycles. The van der Waals surface area contributed by atoms with Crippen LogP contribution in [0.3, 0.4) is 0 Å².